The number of unbranched alkanes of at least 4 members (excludes halogenated alkanes) is 15. The second kappa shape index (κ2) is 20.2. The molecular formula is C28H57NO2P+. The molecular weight excluding hydrogens is 413 g/mol. The zero-order chi connectivity index (χ0) is 24.1. The minimum absolute atomic E-state index is 0.522. The fraction of sp³-hybridized carbons (Fsp3) is 0.929. The van der Waals surface area contributed by atoms with E-state index in [-0.39, 0.29) is 0 Å². The monoisotopic (exact) mass is 470 g/mol. The third kappa shape index (κ3) is 14.8. The van der Waals surface area contributed by atoms with Crippen molar-refractivity contribution in [3.63, 3.8) is 0 Å². The molecule has 0 aliphatic rings. The van der Waals surface area contributed by atoms with Gasteiger partial charge in [0.15, 0.2) is 0 Å². The molecule has 0 radical (unpaired) electrons. The molecule has 4 heteroatoms. The molecule has 0 aliphatic heterocycles. The van der Waals surface area contributed by atoms with Crippen molar-refractivity contribution in [2.24, 2.45) is 0 Å². The summed E-state index contributed by atoms with van der Waals surface area (Å²) < 4.78 is 12.6. The highest BCUT2D eigenvalue weighted by Gasteiger charge is 2.53. The summed E-state index contributed by atoms with van der Waals surface area (Å²) in [6.07, 6.45) is 29.6. The van der Waals surface area contributed by atoms with Crippen LogP contribution < -0.4 is 4.89 Å². The van der Waals surface area contributed by atoms with Crippen LogP contribution in [0.4, 0.5) is 0 Å². The summed E-state index contributed by atoms with van der Waals surface area (Å²) in [5.41, 5.74) is 0. The van der Waals surface area contributed by atoms with Crippen LogP contribution in [0, 0.1) is 0 Å². The Morgan fingerprint density at radius 3 is 1.41 bits per heavy atom. The maximum absolute atomic E-state index is 12.1. The second-order valence-corrected chi connectivity index (χ2v) is 12.1. The number of hydrogen-bond acceptors (Lipinski definition) is 2. The van der Waals surface area contributed by atoms with Gasteiger partial charge in [-0.2, -0.15) is 0 Å². The molecule has 0 fully saturated rings. The normalized spacial score (nSPS) is 14.8. The summed E-state index contributed by atoms with van der Waals surface area (Å²) in [5.74, 6) is 0. The fourth-order valence-corrected chi connectivity index (χ4v) is 6.05. The lowest BCUT2D eigenvalue weighted by Gasteiger charge is -2.39. The standard InChI is InChI=1S/C28H57NO2P/c1-6-8-9-10-11-12-13-14-15-16-17-18-19-20-21-22-23-24-25-27-28(26-7-2,32(30)31)29(3,4)5/h14-15H,6-13,16-27H2,1-5H3/q+1/b15-14-. The molecule has 3 nitrogen and oxygen atoms in total. The first-order chi connectivity index (χ1) is 15.3. The van der Waals surface area contributed by atoms with Gasteiger partial charge in [-0.1, -0.05) is 108 Å². The van der Waals surface area contributed by atoms with E-state index in [0.29, 0.717) is 4.48 Å². The third-order valence-electron chi connectivity index (χ3n) is 7.08. The summed E-state index contributed by atoms with van der Waals surface area (Å²) in [4.78, 5) is 12.1. The van der Waals surface area contributed by atoms with E-state index in [1.807, 2.05) is 21.1 Å². The molecule has 190 valence electrons. The van der Waals surface area contributed by atoms with Crippen molar-refractivity contribution < 1.29 is 13.9 Å². The van der Waals surface area contributed by atoms with Crippen molar-refractivity contribution in [2.75, 3.05) is 21.1 Å². The van der Waals surface area contributed by atoms with E-state index >= 15 is 0 Å². The highest BCUT2D eigenvalue weighted by atomic mass is 31.1. The van der Waals surface area contributed by atoms with Gasteiger partial charge >= 0.3 is 8.03 Å². The maximum Gasteiger partial charge on any atom is 0.376 e. The quantitative estimate of drug-likeness (QED) is 0.0647. The Bertz CT molecular complexity index is 473. The minimum atomic E-state index is -2.42. The van der Waals surface area contributed by atoms with Gasteiger partial charge in [-0.3, -0.25) is 4.48 Å². The van der Waals surface area contributed by atoms with E-state index in [1.54, 1.807) is 0 Å². The average Bonchev–Trinajstić information content (AvgIpc) is 2.73. The molecule has 2 atom stereocenters. The number of hydrogen-bond donors (Lipinski definition) is 0. The number of nitrogens with zero attached hydrogens (tertiary/aromatic N) is 1. The maximum atomic E-state index is 12.1. The van der Waals surface area contributed by atoms with Crippen LogP contribution in [0.5, 0.6) is 0 Å². The summed E-state index contributed by atoms with van der Waals surface area (Å²) in [6.45, 7) is 4.37. The molecule has 0 rings (SSSR count). The predicted molar refractivity (Wildman–Crippen MR) is 141 cm³/mol. The van der Waals surface area contributed by atoms with Gasteiger partial charge in [0.25, 0.3) is 5.28 Å². The van der Waals surface area contributed by atoms with Gasteiger partial charge in [-0.05, 0) is 38.5 Å². The van der Waals surface area contributed by atoms with Gasteiger partial charge in [0.2, 0.25) is 0 Å². The molecule has 0 amide bonds. The summed E-state index contributed by atoms with van der Waals surface area (Å²) >= 11 is 0. The number of allylic oxidation sites excluding steroid dienone is 2. The number of rotatable bonds is 23. The minimum Gasteiger partial charge on any atom is -0.590 e. The highest BCUT2D eigenvalue weighted by molar-refractivity contribution is 7.38. The molecule has 32 heavy (non-hydrogen) atoms. The Morgan fingerprint density at radius 2 is 1.03 bits per heavy atom. The third-order valence-corrected chi connectivity index (χ3v) is 8.80. The Labute approximate surface area is 202 Å². The fourth-order valence-electron chi connectivity index (χ4n) is 4.81. The Kier molecular flexibility index (Phi) is 20.0. The first kappa shape index (κ1) is 31.8. The van der Waals surface area contributed by atoms with Crippen molar-refractivity contribution in [2.45, 2.75) is 148 Å². The molecule has 0 N–H and O–H groups in total. The first-order valence-corrected chi connectivity index (χ1v) is 15.1. The SMILES string of the molecule is CCCCCCCC/C=C\CCCCCCCCCCCC(CCC)([P+](=O)[O-])[N+](C)(C)C. The van der Waals surface area contributed by atoms with Gasteiger partial charge in [-0.25, -0.2) is 0 Å². The molecule has 0 saturated heterocycles. The van der Waals surface area contributed by atoms with Gasteiger partial charge in [-0.15, -0.1) is 0 Å². The topological polar surface area (TPSA) is 40.1 Å². The lowest BCUT2D eigenvalue weighted by molar-refractivity contribution is -0.910. The smallest absolute Gasteiger partial charge is 0.376 e. The molecule has 0 saturated carbocycles. The molecule has 0 bridgehead atoms. The van der Waals surface area contributed by atoms with E-state index in [1.165, 1.54) is 96.3 Å². The lowest BCUT2D eigenvalue weighted by Crippen LogP contribution is -2.55. The van der Waals surface area contributed by atoms with E-state index in [0.717, 1.165) is 32.1 Å². The molecule has 0 aromatic rings. The van der Waals surface area contributed by atoms with Crippen LogP contribution in [-0.2, 0) is 4.57 Å². The largest absolute Gasteiger partial charge is 0.590 e. The molecule has 0 heterocycles. The lowest BCUT2D eigenvalue weighted by atomic mass is 9.99. The molecule has 0 aromatic heterocycles. The van der Waals surface area contributed by atoms with Crippen molar-refractivity contribution in [1.29, 1.82) is 0 Å². The van der Waals surface area contributed by atoms with E-state index in [9.17, 15) is 9.46 Å². The van der Waals surface area contributed by atoms with Crippen molar-refractivity contribution in [3.05, 3.63) is 12.2 Å². The van der Waals surface area contributed by atoms with Crippen LogP contribution >= 0.6 is 8.03 Å². The Morgan fingerprint density at radius 1 is 0.625 bits per heavy atom. The molecule has 0 aromatic carbocycles. The van der Waals surface area contributed by atoms with E-state index in [4.69, 9.17) is 0 Å². The Balaban J connectivity index is 3.63. The van der Waals surface area contributed by atoms with Crippen LogP contribution in [0.3, 0.4) is 0 Å². The van der Waals surface area contributed by atoms with Crippen LogP contribution in [0.25, 0.3) is 0 Å². The number of quaternary nitrogens is 1. The molecule has 2 unspecified atom stereocenters. The second-order valence-electron chi connectivity index (χ2n) is 10.8. The Hall–Kier alpha value is -0.240. The zero-order valence-electron chi connectivity index (χ0n) is 22.5. The average molecular weight is 471 g/mol. The molecule has 0 aliphatic carbocycles. The van der Waals surface area contributed by atoms with Gasteiger partial charge in [0, 0.05) is 12.8 Å². The van der Waals surface area contributed by atoms with Gasteiger partial charge in [0.1, 0.15) is 0 Å². The zero-order valence-corrected chi connectivity index (χ0v) is 23.4. The van der Waals surface area contributed by atoms with Crippen LogP contribution in [0.2, 0.25) is 0 Å². The van der Waals surface area contributed by atoms with E-state index in [2.05, 4.69) is 26.0 Å². The predicted octanol–water partition coefficient (Wildman–Crippen LogP) is 8.89. The summed E-state index contributed by atoms with van der Waals surface area (Å²) in [5, 5.41) is -0.590. The van der Waals surface area contributed by atoms with Crippen molar-refractivity contribution in [3.8, 4) is 0 Å². The first-order valence-electron chi connectivity index (χ1n) is 13.9. The van der Waals surface area contributed by atoms with Gasteiger partial charge in [0.05, 0.1) is 21.1 Å². The summed E-state index contributed by atoms with van der Waals surface area (Å²) in [7, 11) is 3.68. The van der Waals surface area contributed by atoms with Crippen LogP contribution in [0.15, 0.2) is 12.2 Å². The van der Waals surface area contributed by atoms with Crippen molar-refractivity contribution in [1.82, 2.24) is 0 Å². The van der Waals surface area contributed by atoms with Gasteiger partial charge < -0.3 is 4.89 Å². The van der Waals surface area contributed by atoms with Crippen molar-refractivity contribution >= 4 is 8.03 Å². The van der Waals surface area contributed by atoms with E-state index < -0.39 is 13.3 Å². The van der Waals surface area contributed by atoms with Crippen LogP contribution in [-0.4, -0.2) is 30.9 Å². The molecule has 0 spiro atoms. The van der Waals surface area contributed by atoms with Crippen LogP contribution in [0.1, 0.15) is 142 Å². The highest BCUT2D eigenvalue weighted by Crippen LogP contribution is 2.45. The summed E-state index contributed by atoms with van der Waals surface area (Å²) in [6, 6.07) is 0.